The first kappa shape index (κ1) is 6.54. The summed E-state index contributed by atoms with van der Waals surface area (Å²) in [4.78, 5) is 21.0. The molecule has 1 amide bonds. The second kappa shape index (κ2) is 2.34. The van der Waals surface area contributed by atoms with Crippen molar-refractivity contribution in [3.8, 4) is 0 Å². The van der Waals surface area contributed by atoms with Gasteiger partial charge in [-0.05, 0) is 12.1 Å². The maximum atomic E-state index is 10.6. The molecule has 0 saturated heterocycles. The summed E-state index contributed by atoms with van der Waals surface area (Å²) >= 11 is 0. The molecule has 0 unspecified atom stereocenters. The summed E-state index contributed by atoms with van der Waals surface area (Å²) in [7, 11) is 0. The second-order valence-corrected chi connectivity index (χ2v) is 1.68. The average molecular weight is 139 g/mol. The normalized spacial score (nSPS) is 9.20. The Morgan fingerprint density at radius 2 is 2.30 bits per heavy atom. The lowest BCUT2D eigenvalue weighted by atomic mass is 10.3. The number of carbonyl (C=O) groups is 1. The van der Waals surface area contributed by atoms with Gasteiger partial charge in [-0.15, -0.1) is 0 Å². The molecule has 0 fully saturated rings. The van der Waals surface area contributed by atoms with Crippen LogP contribution in [-0.2, 0) is 0 Å². The molecule has 0 aliphatic carbocycles. The zero-order chi connectivity index (χ0) is 7.56. The van der Waals surface area contributed by atoms with Crippen molar-refractivity contribution in [3.05, 3.63) is 34.4 Å². The molecule has 1 heterocycles. The first-order valence-electron chi connectivity index (χ1n) is 2.59. The smallest absolute Gasteiger partial charge is 0.348 e. The maximum Gasteiger partial charge on any atom is 0.348 e. The van der Waals surface area contributed by atoms with Gasteiger partial charge >= 0.3 is 5.63 Å². The van der Waals surface area contributed by atoms with Crippen LogP contribution in [0.15, 0.2) is 27.6 Å². The van der Waals surface area contributed by atoms with Crippen LogP contribution in [0.5, 0.6) is 0 Å². The van der Waals surface area contributed by atoms with E-state index in [1.165, 1.54) is 18.4 Å². The molecule has 1 rings (SSSR count). The Morgan fingerprint density at radius 1 is 1.60 bits per heavy atom. The van der Waals surface area contributed by atoms with Gasteiger partial charge in [-0.3, -0.25) is 4.79 Å². The molecule has 0 aliphatic heterocycles. The van der Waals surface area contributed by atoms with Crippen molar-refractivity contribution in [1.29, 1.82) is 0 Å². The van der Waals surface area contributed by atoms with E-state index in [4.69, 9.17) is 5.73 Å². The van der Waals surface area contributed by atoms with Crippen LogP contribution < -0.4 is 11.4 Å². The van der Waals surface area contributed by atoms with Crippen molar-refractivity contribution in [2.24, 2.45) is 5.73 Å². The van der Waals surface area contributed by atoms with Crippen molar-refractivity contribution >= 4 is 5.91 Å². The van der Waals surface area contributed by atoms with Gasteiger partial charge in [0.15, 0.2) is 0 Å². The highest BCUT2D eigenvalue weighted by atomic mass is 16.4. The number of carbonyl (C=O) groups excluding carboxylic acids is 1. The Balaban J connectivity index is 3.29. The minimum atomic E-state index is -0.769. The number of amides is 1. The van der Waals surface area contributed by atoms with Crippen LogP contribution in [0.2, 0.25) is 0 Å². The number of hydrogen-bond donors (Lipinski definition) is 1. The van der Waals surface area contributed by atoms with E-state index in [1.807, 2.05) is 0 Å². The molecule has 0 bridgehead atoms. The molecular formula is C6H5NO3. The molecule has 0 radical (unpaired) electrons. The van der Waals surface area contributed by atoms with Crippen LogP contribution in [0.3, 0.4) is 0 Å². The highest BCUT2D eigenvalue weighted by molar-refractivity contribution is 5.92. The van der Waals surface area contributed by atoms with Crippen LogP contribution in [0.1, 0.15) is 10.4 Å². The van der Waals surface area contributed by atoms with Crippen LogP contribution in [-0.4, -0.2) is 5.91 Å². The third-order valence-electron chi connectivity index (χ3n) is 1.00. The van der Waals surface area contributed by atoms with Gasteiger partial charge in [-0.25, -0.2) is 4.79 Å². The number of rotatable bonds is 1. The van der Waals surface area contributed by atoms with Crippen LogP contribution in [0.25, 0.3) is 0 Å². The van der Waals surface area contributed by atoms with Gasteiger partial charge in [-0.2, -0.15) is 0 Å². The Bertz CT molecular complexity index is 302. The Kier molecular flexibility index (Phi) is 1.53. The number of nitrogens with two attached hydrogens (primary N) is 1. The Hall–Kier alpha value is -1.58. The molecule has 0 aliphatic rings. The SMILES string of the molecule is NC(=O)c1cccoc1=O. The summed E-state index contributed by atoms with van der Waals surface area (Å²) in [6.07, 6.45) is 1.19. The first-order valence-corrected chi connectivity index (χ1v) is 2.59. The summed E-state index contributed by atoms with van der Waals surface area (Å²) in [6.45, 7) is 0. The lowest BCUT2D eigenvalue weighted by Crippen LogP contribution is -2.20. The lowest BCUT2D eigenvalue weighted by molar-refractivity contribution is 0.0996. The van der Waals surface area contributed by atoms with Crippen molar-refractivity contribution < 1.29 is 9.21 Å². The minimum absolute atomic E-state index is 0.123. The minimum Gasteiger partial charge on any atom is -0.431 e. The lowest BCUT2D eigenvalue weighted by Gasteiger charge is -1.87. The maximum absolute atomic E-state index is 10.6. The fourth-order valence-electron chi connectivity index (χ4n) is 0.551. The molecule has 1 aromatic rings. The predicted octanol–water partition coefficient (Wildman–Crippen LogP) is -0.261. The van der Waals surface area contributed by atoms with E-state index in [0.29, 0.717) is 0 Å². The predicted molar refractivity (Wildman–Crippen MR) is 33.5 cm³/mol. The number of primary amides is 1. The molecular weight excluding hydrogens is 134 g/mol. The van der Waals surface area contributed by atoms with Crippen molar-refractivity contribution in [2.45, 2.75) is 0 Å². The first-order chi connectivity index (χ1) is 4.72. The van der Waals surface area contributed by atoms with Crippen molar-refractivity contribution in [3.63, 3.8) is 0 Å². The topological polar surface area (TPSA) is 73.3 Å². The van der Waals surface area contributed by atoms with Gasteiger partial charge in [0.1, 0.15) is 5.56 Å². The summed E-state index contributed by atoms with van der Waals surface area (Å²) in [5.74, 6) is -0.769. The Labute approximate surface area is 56.3 Å². The summed E-state index contributed by atoms with van der Waals surface area (Å²) in [5, 5.41) is 0. The zero-order valence-corrected chi connectivity index (χ0v) is 5.03. The molecule has 2 N–H and O–H groups in total. The monoisotopic (exact) mass is 139 g/mol. The van der Waals surface area contributed by atoms with Gasteiger partial charge in [-0.1, -0.05) is 0 Å². The highest BCUT2D eigenvalue weighted by Gasteiger charge is 2.04. The largest absolute Gasteiger partial charge is 0.431 e. The van der Waals surface area contributed by atoms with E-state index in [1.54, 1.807) is 0 Å². The second-order valence-electron chi connectivity index (χ2n) is 1.68. The molecule has 0 saturated carbocycles. The molecule has 4 nitrogen and oxygen atoms in total. The standard InChI is InChI=1S/C6H5NO3/c7-5(8)4-2-1-3-10-6(4)9/h1-3H,(H2,7,8). The third kappa shape index (κ3) is 1.05. The molecule has 0 atom stereocenters. The quantitative estimate of drug-likeness (QED) is 0.582. The van der Waals surface area contributed by atoms with Gasteiger partial charge in [0.2, 0.25) is 0 Å². The van der Waals surface area contributed by atoms with E-state index in [-0.39, 0.29) is 5.56 Å². The fraction of sp³-hybridized carbons (Fsp3) is 0. The third-order valence-corrected chi connectivity index (χ3v) is 1.00. The molecule has 0 spiro atoms. The van der Waals surface area contributed by atoms with Crippen molar-refractivity contribution in [1.82, 2.24) is 0 Å². The van der Waals surface area contributed by atoms with Crippen molar-refractivity contribution in [2.75, 3.05) is 0 Å². The van der Waals surface area contributed by atoms with Gasteiger partial charge in [0.25, 0.3) is 5.91 Å². The molecule has 0 aromatic carbocycles. The number of hydrogen-bond acceptors (Lipinski definition) is 3. The van der Waals surface area contributed by atoms with Gasteiger partial charge in [0, 0.05) is 0 Å². The van der Waals surface area contributed by atoms with E-state index in [9.17, 15) is 9.59 Å². The van der Waals surface area contributed by atoms with E-state index >= 15 is 0 Å². The molecule has 52 valence electrons. The molecule has 10 heavy (non-hydrogen) atoms. The van der Waals surface area contributed by atoms with E-state index < -0.39 is 11.5 Å². The van der Waals surface area contributed by atoms with Crippen LogP contribution >= 0.6 is 0 Å². The van der Waals surface area contributed by atoms with E-state index in [0.717, 1.165) is 0 Å². The summed E-state index contributed by atoms with van der Waals surface area (Å²) in [5.41, 5.74) is 3.99. The average Bonchev–Trinajstić information content (AvgIpc) is 1.88. The highest BCUT2D eigenvalue weighted by Crippen LogP contribution is 1.87. The van der Waals surface area contributed by atoms with Gasteiger partial charge < -0.3 is 10.2 Å². The summed E-state index contributed by atoms with van der Waals surface area (Å²) < 4.78 is 4.36. The molecule has 4 heteroatoms. The fourth-order valence-corrected chi connectivity index (χ4v) is 0.551. The van der Waals surface area contributed by atoms with Crippen LogP contribution in [0.4, 0.5) is 0 Å². The Morgan fingerprint density at radius 3 is 2.70 bits per heavy atom. The van der Waals surface area contributed by atoms with E-state index in [2.05, 4.69) is 4.42 Å². The summed E-state index contributed by atoms with van der Waals surface area (Å²) in [6, 6.07) is 2.75. The van der Waals surface area contributed by atoms with Crippen LogP contribution in [0, 0.1) is 0 Å². The van der Waals surface area contributed by atoms with Gasteiger partial charge in [0.05, 0.1) is 6.26 Å². The molecule has 1 aromatic heterocycles. The zero-order valence-electron chi connectivity index (χ0n) is 5.03.